The summed E-state index contributed by atoms with van der Waals surface area (Å²) in [5.74, 6) is 0.932. The monoisotopic (exact) mass is 327 g/mol. The molecule has 0 amide bonds. The summed E-state index contributed by atoms with van der Waals surface area (Å²) < 4.78 is 2.83. The van der Waals surface area contributed by atoms with Gasteiger partial charge in [-0.2, -0.15) is 5.10 Å². The number of rotatable bonds is 2. The molecule has 1 fully saturated rings. The largest absolute Gasteiger partial charge is 0.353 e. The van der Waals surface area contributed by atoms with Gasteiger partial charge in [-0.3, -0.25) is 0 Å². The average Bonchev–Trinajstić information content (AvgIpc) is 2.99. The van der Waals surface area contributed by atoms with E-state index < -0.39 is 0 Å². The summed E-state index contributed by atoms with van der Waals surface area (Å²) in [6.07, 6.45) is 6.04. The van der Waals surface area contributed by atoms with Crippen LogP contribution in [0, 0.1) is 0 Å². The Labute approximate surface area is 118 Å². The summed E-state index contributed by atoms with van der Waals surface area (Å²) in [5.41, 5.74) is 0. The molecule has 5 nitrogen and oxygen atoms in total. The van der Waals surface area contributed by atoms with Crippen molar-refractivity contribution in [1.82, 2.24) is 19.7 Å². The second-order valence-corrected chi connectivity index (χ2v) is 5.51. The normalized spacial score (nSPS) is 19.4. The fourth-order valence-corrected chi connectivity index (χ4v) is 3.09. The lowest BCUT2D eigenvalue weighted by atomic mass is 10.3. The van der Waals surface area contributed by atoms with Crippen molar-refractivity contribution in [3.05, 3.63) is 34.4 Å². The summed E-state index contributed by atoms with van der Waals surface area (Å²) in [4.78, 5) is 10.6. The lowest BCUT2D eigenvalue weighted by molar-refractivity contribution is 0.493. The molecule has 0 radical (unpaired) electrons. The van der Waals surface area contributed by atoms with E-state index in [1.165, 1.54) is 0 Å². The van der Waals surface area contributed by atoms with Gasteiger partial charge in [0, 0.05) is 19.3 Å². The van der Waals surface area contributed by atoms with Crippen molar-refractivity contribution >= 4 is 33.3 Å². The quantitative estimate of drug-likeness (QED) is 0.850. The molecule has 0 saturated carbocycles. The maximum atomic E-state index is 5.90. The molecule has 2 aromatic rings. The zero-order valence-electron chi connectivity index (χ0n) is 9.50. The fourth-order valence-electron chi connectivity index (χ4n) is 2.20. The highest BCUT2D eigenvalue weighted by Crippen LogP contribution is 2.31. The Morgan fingerprint density at radius 1 is 1.44 bits per heavy atom. The Morgan fingerprint density at radius 3 is 3.06 bits per heavy atom. The molecule has 3 rings (SSSR count). The molecule has 3 heterocycles. The van der Waals surface area contributed by atoms with Crippen molar-refractivity contribution in [2.75, 3.05) is 18.0 Å². The van der Waals surface area contributed by atoms with Gasteiger partial charge in [-0.05, 0) is 28.4 Å². The molecule has 0 N–H and O–H groups in total. The maximum absolute atomic E-state index is 5.90. The number of pyridine rings is 1. The first-order valence-corrected chi connectivity index (χ1v) is 6.81. The van der Waals surface area contributed by atoms with Gasteiger partial charge in [0.05, 0.1) is 15.5 Å². The summed E-state index contributed by atoms with van der Waals surface area (Å²) in [6.45, 7) is 1.84. The molecule has 1 unspecified atom stereocenters. The minimum absolute atomic E-state index is 0.358. The Bertz CT molecular complexity index is 544. The molecular weight excluding hydrogens is 318 g/mol. The summed E-state index contributed by atoms with van der Waals surface area (Å²) >= 11 is 9.40. The first-order valence-electron chi connectivity index (χ1n) is 5.64. The molecule has 18 heavy (non-hydrogen) atoms. The van der Waals surface area contributed by atoms with Crippen molar-refractivity contribution < 1.29 is 0 Å². The van der Waals surface area contributed by atoms with E-state index in [1.807, 2.05) is 10.7 Å². The van der Waals surface area contributed by atoms with Gasteiger partial charge in [-0.25, -0.2) is 14.6 Å². The van der Waals surface area contributed by atoms with E-state index in [1.54, 1.807) is 18.9 Å². The Balaban J connectivity index is 1.79. The lowest BCUT2D eigenvalue weighted by Gasteiger charge is -2.18. The van der Waals surface area contributed by atoms with Gasteiger partial charge >= 0.3 is 0 Å². The van der Waals surface area contributed by atoms with Crippen LogP contribution in [0.5, 0.6) is 0 Å². The first-order chi connectivity index (χ1) is 8.74. The average molecular weight is 329 g/mol. The van der Waals surface area contributed by atoms with E-state index in [4.69, 9.17) is 11.6 Å². The molecule has 0 aromatic carbocycles. The molecule has 1 saturated heterocycles. The first kappa shape index (κ1) is 11.9. The minimum Gasteiger partial charge on any atom is -0.353 e. The highest BCUT2D eigenvalue weighted by molar-refractivity contribution is 9.10. The van der Waals surface area contributed by atoms with Gasteiger partial charge in [-0.15, -0.1) is 0 Å². The number of halogens is 2. The van der Waals surface area contributed by atoms with Crippen LogP contribution in [0.15, 0.2) is 29.4 Å². The molecule has 7 heteroatoms. The van der Waals surface area contributed by atoms with Gasteiger partial charge < -0.3 is 4.90 Å². The van der Waals surface area contributed by atoms with E-state index in [0.717, 1.165) is 29.8 Å². The highest BCUT2D eigenvalue weighted by Gasteiger charge is 2.26. The van der Waals surface area contributed by atoms with Crippen LogP contribution in [0.4, 0.5) is 5.82 Å². The third-order valence-electron chi connectivity index (χ3n) is 3.06. The molecule has 0 bridgehead atoms. The maximum Gasteiger partial charge on any atom is 0.143 e. The molecule has 2 aromatic heterocycles. The van der Waals surface area contributed by atoms with Crippen molar-refractivity contribution in [2.45, 2.75) is 12.5 Å². The van der Waals surface area contributed by atoms with Crippen molar-refractivity contribution in [1.29, 1.82) is 0 Å². The predicted octanol–water partition coefficient (Wildman–Crippen LogP) is 2.54. The van der Waals surface area contributed by atoms with E-state index in [2.05, 4.69) is 35.9 Å². The second kappa shape index (κ2) is 4.85. The third kappa shape index (κ3) is 2.22. The van der Waals surface area contributed by atoms with Crippen LogP contribution in [0.2, 0.25) is 5.02 Å². The fraction of sp³-hybridized carbons (Fsp3) is 0.364. The molecule has 0 spiro atoms. The smallest absolute Gasteiger partial charge is 0.143 e. The van der Waals surface area contributed by atoms with E-state index in [0.29, 0.717) is 11.1 Å². The van der Waals surface area contributed by atoms with Crippen molar-refractivity contribution in [3.8, 4) is 0 Å². The van der Waals surface area contributed by atoms with Crippen LogP contribution in [0.25, 0.3) is 0 Å². The lowest BCUT2D eigenvalue weighted by Crippen LogP contribution is -2.22. The Hall–Kier alpha value is -1.14. The van der Waals surface area contributed by atoms with Crippen molar-refractivity contribution in [2.24, 2.45) is 0 Å². The topological polar surface area (TPSA) is 46.8 Å². The Morgan fingerprint density at radius 2 is 2.33 bits per heavy atom. The van der Waals surface area contributed by atoms with Crippen LogP contribution in [-0.4, -0.2) is 32.8 Å². The predicted molar refractivity (Wildman–Crippen MR) is 72.8 cm³/mol. The number of aromatic nitrogens is 4. The van der Waals surface area contributed by atoms with Gasteiger partial charge in [0.2, 0.25) is 0 Å². The van der Waals surface area contributed by atoms with Gasteiger partial charge in [0.15, 0.2) is 0 Å². The van der Waals surface area contributed by atoms with Crippen LogP contribution in [0.1, 0.15) is 12.5 Å². The summed E-state index contributed by atoms with van der Waals surface area (Å²) in [6, 6.07) is 2.23. The number of anilines is 1. The second-order valence-electron chi connectivity index (χ2n) is 4.22. The molecule has 1 aliphatic rings. The van der Waals surface area contributed by atoms with E-state index in [9.17, 15) is 0 Å². The summed E-state index contributed by atoms with van der Waals surface area (Å²) in [7, 11) is 0. The van der Waals surface area contributed by atoms with E-state index >= 15 is 0 Å². The van der Waals surface area contributed by atoms with Crippen LogP contribution in [-0.2, 0) is 0 Å². The molecule has 1 atom stereocenters. The molecule has 1 aliphatic heterocycles. The van der Waals surface area contributed by atoms with Gasteiger partial charge in [0.1, 0.15) is 18.5 Å². The standard InChI is InChI=1S/C11H11BrClN5/c12-10-3-8(13)4-15-11(10)17-2-1-9(5-17)18-7-14-6-16-18/h3-4,6-7,9H,1-2,5H2. The van der Waals surface area contributed by atoms with Crippen LogP contribution >= 0.6 is 27.5 Å². The molecule has 94 valence electrons. The zero-order chi connectivity index (χ0) is 12.5. The minimum atomic E-state index is 0.358. The van der Waals surface area contributed by atoms with E-state index in [-0.39, 0.29) is 0 Å². The highest BCUT2D eigenvalue weighted by atomic mass is 79.9. The number of hydrogen-bond donors (Lipinski definition) is 0. The van der Waals surface area contributed by atoms with Crippen LogP contribution in [0.3, 0.4) is 0 Å². The molecule has 0 aliphatic carbocycles. The third-order valence-corrected chi connectivity index (χ3v) is 3.85. The van der Waals surface area contributed by atoms with Crippen LogP contribution < -0.4 is 4.90 Å². The zero-order valence-corrected chi connectivity index (χ0v) is 11.8. The number of hydrogen-bond acceptors (Lipinski definition) is 4. The van der Waals surface area contributed by atoms with Gasteiger partial charge in [0.25, 0.3) is 0 Å². The SMILES string of the molecule is Clc1cnc(N2CCC(n3cncn3)C2)c(Br)c1. The summed E-state index contributed by atoms with van der Waals surface area (Å²) in [5, 5.41) is 4.83. The van der Waals surface area contributed by atoms with Gasteiger partial charge in [-0.1, -0.05) is 11.6 Å². The Kier molecular flexibility index (Phi) is 3.22. The molecular formula is C11H11BrClN5. The number of nitrogens with zero attached hydrogens (tertiary/aromatic N) is 5. The van der Waals surface area contributed by atoms with Crippen molar-refractivity contribution in [3.63, 3.8) is 0 Å².